The number of para-hydroxylation sites is 4. The molecule has 71 heavy (non-hydrogen) atoms. The molecule has 10 aromatic carbocycles. The topological polar surface area (TPSA) is 85.5 Å². The summed E-state index contributed by atoms with van der Waals surface area (Å²) in [5.74, 6) is 1.55. The van der Waals surface area contributed by atoms with Crippen LogP contribution >= 0.6 is 0 Å². The van der Waals surface area contributed by atoms with Gasteiger partial charge in [0.15, 0.2) is 23.1 Å². The van der Waals surface area contributed by atoms with Crippen LogP contribution in [0.5, 0.6) is 0 Å². The molecule has 0 bridgehead atoms. The number of furan rings is 1. The second-order valence-electron chi connectivity index (χ2n) is 17.8. The van der Waals surface area contributed by atoms with Gasteiger partial charge >= 0.3 is 0 Å². The molecule has 0 fully saturated rings. The first-order chi connectivity index (χ1) is 35.2. The van der Waals surface area contributed by atoms with Crippen molar-refractivity contribution in [3.63, 3.8) is 0 Å². The lowest BCUT2D eigenvalue weighted by Crippen LogP contribution is -2.02. The first-order valence-electron chi connectivity index (χ1n) is 23.7. The summed E-state index contributed by atoms with van der Waals surface area (Å²) in [7, 11) is 0. The summed E-state index contributed by atoms with van der Waals surface area (Å²) in [5.41, 5.74) is 14.9. The molecule has 0 N–H and O–H groups in total. The third-order valence-corrected chi connectivity index (χ3v) is 13.8. The maximum Gasteiger partial charge on any atom is 0.164 e. The Morgan fingerprint density at radius 3 is 1.51 bits per heavy atom. The number of benzene rings is 10. The van der Waals surface area contributed by atoms with Crippen molar-refractivity contribution in [3.8, 4) is 73.9 Å². The van der Waals surface area contributed by atoms with Gasteiger partial charge in [-0.05, 0) is 70.8 Å². The maximum absolute atomic E-state index is 11.2. The molecule has 0 atom stereocenters. The zero-order valence-electron chi connectivity index (χ0n) is 38.0. The molecule has 0 aliphatic carbocycles. The van der Waals surface area contributed by atoms with Crippen LogP contribution in [0.2, 0.25) is 0 Å². The second kappa shape index (κ2) is 16.1. The smallest absolute Gasteiger partial charge is 0.164 e. The van der Waals surface area contributed by atoms with Crippen molar-refractivity contribution in [2.24, 2.45) is 0 Å². The Bertz CT molecular complexity index is 4350. The highest BCUT2D eigenvalue weighted by molar-refractivity contribution is 6.26. The normalized spacial score (nSPS) is 11.6. The zero-order chi connectivity index (χ0) is 47.0. The summed E-state index contributed by atoms with van der Waals surface area (Å²) < 4.78 is 11.2. The molecule has 14 aromatic rings. The van der Waals surface area contributed by atoms with Crippen LogP contribution in [-0.4, -0.2) is 24.1 Å². The van der Waals surface area contributed by atoms with Gasteiger partial charge in [0, 0.05) is 49.0 Å². The highest BCUT2D eigenvalue weighted by Crippen LogP contribution is 2.44. The molecule has 0 saturated carbocycles. The van der Waals surface area contributed by atoms with Crippen LogP contribution in [0, 0.1) is 11.3 Å². The van der Waals surface area contributed by atoms with Crippen molar-refractivity contribution in [1.82, 2.24) is 24.1 Å². The molecule has 7 nitrogen and oxygen atoms in total. The van der Waals surface area contributed by atoms with Gasteiger partial charge in [0.1, 0.15) is 11.7 Å². The molecular weight excluding hydrogens is 869 g/mol. The van der Waals surface area contributed by atoms with E-state index in [2.05, 4.69) is 179 Å². The quantitative estimate of drug-likeness (QED) is 0.159. The Labute approximate surface area is 407 Å². The number of hydrogen-bond acceptors (Lipinski definition) is 5. The third kappa shape index (κ3) is 6.47. The van der Waals surface area contributed by atoms with E-state index in [1.165, 1.54) is 0 Å². The summed E-state index contributed by atoms with van der Waals surface area (Å²) in [6.45, 7) is 0. The standard InChI is InChI=1S/C64H38N6O/c65-39-47-38-46(64-67-62(44-30-26-42(27-31-44)40-14-3-1-4-15-40)66-63(68-64)45-32-28-43(29-33-45)41-16-5-2-6-17-41)34-36-53(47)70-54-22-10-7-18-48(54)50-35-37-56-59(60(50)70)52-20-8-11-23-55(52)69(56)57-24-13-21-51-49-19-9-12-25-58(49)71-61(51)57/h1-38H. The van der Waals surface area contributed by atoms with Crippen molar-refractivity contribution in [2.75, 3.05) is 0 Å². The van der Waals surface area contributed by atoms with Gasteiger partial charge in [-0.1, -0.05) is 182 Å². The van der Waals surface area contributed by atoms with E-state index < -0.39 is 0 Å². The third-order valence-electron chi connectivity index (χ3n) is 13.8. The molecule has 14 rings (SSSR count). The van der Waals surface area contributed by atoms with Gasteiger partial charge < -0.3 is 13.6 Å². The lowest BCUT2D eigenvalue weighted by atomic mass is 10.0. The molecule has 4 heterocycles. The number of fused-ring (bicyclic) bond motifs is 10. The Balaban J connectivity index is 0.957. The average Bonchev–Trinajstić information content (AvgIpc) is 4.12. The van der Waals surface area contributed by atoms with E-state index in [4.69, 9.17) is 19.4 Å². The van der Waals surface area contributed by atoms with Gasteiger partial charge in [-0.2, -0.15) is 5.26 Å². The minimum atomic E-state index is 0.472. The van der Waals surface area contributed by atoms with Crippen LogP contribution in [-0.2, 0) is 0 Å². The lowest BCUT2D eigenvalue weighted by molar-refractivity contribution is 0.666. The largest absolute Gasteiger partial charge is 0.454 e. The van der Waals surface area contributed by atoms with E-state index in [0.717, 1.165) is 110 Å². The van der Waals surface area contributed by atoms with Crippen molar-refractivity contribution in [3.05, 3.63) is 236 Å². The molecule has 0 unspecified atom stereocenters. The monoisotopic (exact) mass is 906 g/mol. The van der Waals surface area contributed by atoms with Crippen molar-refractivity contribution in [2.45, 2.75) is 0 Å². The van der Waals surface area contributed by atoms with Gasteiger partial charge in [-0.3, -0.25) is 0 Å². The fourth-order valence-corrected chi connectivity index (χ4v) is 10.5. The Kier molecular flexibility index (Phi) is 9.13. The van der Waals surface area contributed by atoms with E-state index in [1.54, 1.807) is 0 Å². The molecule has 4 aromatic heterocycles. The van der Waals surface area contributed by atoms with Crippen LogP contribution in [0.4, 0.5) is 0 Å². The number of nitrogens with zero attached hydrogens (tertiary/aromatic N) is 6. The molecule has 330 valence electrons. The summed E-state index contributed by atoms with van der Waals surface area (Å²) in [6.07, 6.45) is 0. The van der Waals surface area contributed by atoms with Crippen LogP contribution in [0.15, 0.2) is 235 Å². The van der Waals surface area contributed by atoms with Crippen LogP contribution in [0.3, 0.4) is 0 Å². The summed E-state index contributed by atoms with van der Waals surface area (Å²) in [4.78, 5) is 15.3. The molecular formula is C64H38N6O. The Morgan fingerprint density at radius 2 is 0.859 bits per heavy atom. The highest BCUT2D eigenvalue weighted by Gasteiger charge is 2.24. The maximum atomic E-state index is 11.2. The van der Waals surface area contributed by atoms with Gasteiger partial charge in [-0.15, -0.1) is 0 Å². The van der Waals surface area contributed by atoms with Gasteiger partial charge in [0.05, 0.1) is 39.0 Å². The van der Waals surface area contributed by atoms with E-state index in [0.29, 0.717) is 28.6 Å². The fourth-order valence-electron chi connectivity index (χ4n) is 10.5. The molecule has 0 aliphatic heterocycles. The first-order valence-corrected chi connectivity index (χ1v) is 23.7. The Morgan fingerprint density at radius 1 is 0.352 bits per heavy atom. The number of nitriles is 1. The van der Waals surface area contributed by atoms with Crippen LogP contribution in [0.25, 0.3) is 133 Å². The SMILES string of the molecule is N#Cc1cc(-c2nc(-c3ccc(-c4ccccc4)cc3)nc(-c3ccc(-c4ccccc4)cc3)n2)ccc1-n1c2ccccc2c2ccc3c(c4ccccc4n3-c3cccc4c3oc3ccccc34)c21. The van der Waals surface area contributed by atoms with Crippen molar-refractivity contribution in [1.29, 1.82) is 5.26 Å². The van der Waals surface area contributed by atoms with Gasteiger partial charge in [0.2, 0.25) is 0 Å². The van der Waals surface area contributed by atoms with Gasteiger partial charge in [0.25, 0.3) is 0 Å². The predicted octanol–water partition coefficient (Wildman–Crippen LogP) is 16.2. The average molecular weight is 907 g/mol. The highest BCUT2D eigenvalue weighted by atomic mass is 16.3. The lowest BCUT2D eigenvalue weighted by Gasteiger charge is -2.13. The zero-order valence-corrected chi connectivity index (χ0v) is 38.0. The number of hydrogen-bond donors (Lipinski definition) is 0. The fraction of sp³-hybridized carbons (Fsp3) is 0. The van der Waals surface area contributed by atoms with Crippen molar-refractivity contribution < 1.29 is 4.42 Å². The minimum absolute atomic E-state index is 0.472. The van der Waals surface area contributed by atoms with Crippen LogP contribution in [0.1, 0.15) is 5.56 Å². The second-order valence-corrected chi connectivity index (χ2v) is 17.8. The van der Waals surface area contributed by atoms with Gasteiger partial charge in [-0.25, -0.2) is 15.0 Å². The molecule has 7 heteroatoms. The van der Waals surface area contributed by atoms with Crippen molar-refractivity contribution >= 4 is 65.6 Å². The van der Waals surface area contributed by atoms with E-state index >= 15 is 0 Å². The molecule has 0 amide bonds. The molecule has 0 saturated heterocycles. The molecule has 0 radical (unpaired) electrons. The van der Waals surface area contributed by atoms with Crippen LogP contribution < -0.4 is 0 Å². The Hall–Kier alpha value is -9.90. The molecule has 0 spiro atoms. The first kappa shape index (κ1) is 40.2. The van der Waals surface area contributed by atoms with E-state index in [-0.39, 0.29) is 0 Å². The summed E-state index contributed by atoms with van der Waals surface area (Å²) in [5, 5.41) is 17.7. The number of rotatable bonds is 7. The summed E-state index contributed by atoms with van der Waals surface area (Å²) in [6, 6.07) is 81.9. The van der Waals surface area contributed by atoms with E-state index in [1.807, 2.05) is 66.7 Å². The van der Waals surface area contributed by atoms with E-state index in [9.17, 15) is 5.26 Å². The molecule has 0 aliphatic rings. The summed E-state index contributed by atoms with van der Waals surface area (Å²) >= 11 is 0. The minimum Gasteiger partial charge on any atom is -0.454 e. The number of aromatic nitrogens is 5. The predicted molar refractivity (Wildman–Crippen MR) is 288 cm³/mol.